The van der Waals surface area contributed by atoms with Crippen molar-refractivity contribution >= 4 is 17.5 Å². The zero-order chi connectivity index (χ0) is 21.6. The molecule has 0 fully saturated rings. The number of ether oxygens (including phenoxy) is 1. The van der Waals surface area contributed by atoms with Crippen LogP contribution in [0.25, 0.3) is 0 Å². The van der Waals surface area contributed by atoms with Gasteiger partial charge in [0.1, 0.15) is 5.75 Å². The highest BCUT2D eigenvalue weighted by molar-refractivity contribution is 6.30. The van der Waals surface area contributed by atoms with Gasteiger partial charge in [-0.1, -0.05) is 72.3 Å². The van der Waals surface area contributed by atoms with Crippen LogP contribution in [0.15, 0.2) is 84.9 Å². The minimum absolute atomic E-state index is 0.0757. The van der Waals surface area contributed by atoms with E-state index in [2.05, 4.69) is 36.5 Å². The van der Waals surface area contributed by atoms with Crippen molar-refractivity contribution in [3.63, 3.8) is 0 Å². The van der Waals surface area contributed by atoms with Crippen molar-refractivity contribution in [1.29, 1.82) is 0 Å². The zero-order valence-corrected chi connectivity index (χ0v) is 18.4. The highest BCUT2D eigenvalue weighted by Gasteiger charge is 2.32. The Kier molecular flexibility index (Phi) is 7.17. The molecular formula is C26H28ClNO2. The van der Waals surface area contributed by atoms with Crippen molar-refractivity contribution in [2.75, 3.05) is 0 Å². The molecule has 1 amide bonds. The monoisotopic (exact) mass is 421 g/mol. The predicted molar refractivity (Wildman–Crippen MR) is 123 cm³/mol. The van der Waals surface area contributed by atoms with Crippen LogP contribution < -0.4 is 10.1 Å². The lowest BCUT2D eigenvalue weighted by molar-refractivity contribution is -0.135. The molecule has 2 atom stereocenters. The third kappa shape index (κ3) is 5.87. The molecule has 156 valence electrons. The predicted octanol–water partition coefficient (Wildman–Crippen LogP) is 6.03. The molecule has 3 nitrogen and oxygen atoms in total. The maximum absolute atomic E-state index is 13.1. The van der Waals surface area contributed by atoms with Crippen molar-refractivity contribution in [3.05, 3.63) is 101 Å². The second-order valence-corrected chi connectivity index (χ2v) is 8.47. The van der Waals surface area contributed by atoms with Crippen molar-refractivity contribution < 1.29 is 9.53 Å². The topological polar surface area (TPSA) is 38.3 Å². The van der Waals surface area contributed by atoms with Crippen LogP contribution in [0.5, 0.6) is 5.75 Å². The standard InChI is InChI=1S/C26H28ClNO2/c1-19(28-25(29)26(2,3)30-23-16-14-22(27)15-17-23)24(21-12-8-5-9-13-21)18-20-10-6-4-7-11-20/h4-17,19,24H,18H2,1-3H3,(H,28,29). The lowest BCUT2D eigenvalue weighted by Crippen LogP contribution is -2.51. The number of rotatable bonds is 8. The summed E-state index contributed by atoms with van der Waals surface area (Å²) in [6.45, 7) is 5.60. The normalized spacial score (nSPS) is 13.3. The van der Waals surface area contributed by atoms with Gasteiger partial charge in [-0.15, -0.1) is 0 Å². The number of hydrogen-bond donors (Lipinski definition) is 1. The van der Waals surface area contributed by atoms with Gasteiger partial charge in [-0.3, -0.25) is 4.79 Å². The van der Waals surface area contributed by atoms with Crippen LogP contribution in [-0.4, -0.2) is 17.6 Å². The second kappa shape index (κ2) is 9.82. The Morgan fingerprint density at radius 1 is 0.933 bits per heavy atom. The van der Waals surface area contributed by atoms with Gasteiger partial charge in [-0.25, -0.2) is 0 Å². The summed E-state index contributed by atoms with van der Waals surface area (Å²) < 4.78 is 5.95. The summed E-state index contributed by atoms with van der Waals surface area (Å²) in [7, 11) is 0. The minimum Gasteiger partial charge on any atom is -0.478 e. The van der Waals surface area contributed by atoms with E-state index in [0.717, 1.165) is 6.42 Å². The Hall–Kier alpha value is -2.78. The Balaban J connectivity index is 1.74. The Morgan fingerprint density at radius 3 is 2.10 bits per heavy atom. The number of halogens is 1. The van der Waals surface area contributed by atoms with Crippen LogP contribution in [0.4, 0.5) is 0 Å². The van der Waals surface area contributed by atoms with E-state index in [1.54, 1.807) is 38.1 Å². The molecule has 0 aromatic heterocycles. The van der Waals surface area contributed by atoms with Gasteiger partial charge in [0.2, 0.25) is 0 Å². The summed E-state index contributed by atoms with van der Waals surface area (Å²) in [6, 6.07) is 27.6. The van der Waals surface area contributed by atoms with Crippen molar-refractivity contribution in [2.45, 2.75) is 44.8 Å². The van der Waals surface area contributed by atoms with Gasteiger partial charge in [0.05, 0.1) is 0 Å². The molecule has 0 aliphatic carbocycles. The third-order valence-electron chi connectivity index (χ3n) is 5.22. The molecule has 0 saturated carbocycles. The van der Waals surface area contributed by atoms with Crippen LogP contribution in [0.2, 0.25) is 5.02 Å². The average molecular weight is 422 g/mol. The van der Waals surface area contributed by atoms with Gasteiger partial charge in [0, 0.05) is 17.0 Å². The van der Waals surface area contributed by atoms with Crippen molar-refractivity contribution in [1.82, 2.24) is 5.32 Å². The number of hydrogen-bond acceptors (Lipinski definition) is 2. The third-order valence-corrected chi connectivity index (χ3v) is 5.47. The number of nitrogens with one attached hydrogen (secondary N) is 1. The lowest BCUT2D eigenvalue weighted by Gasteiger charge is -2.31. The summed E-state index contributed by atoms with van der Waals surface area (Å²) in [5.41, 5.74) is 1.42. The molecule has 0 saturated heterocycles. The molecule has 0 aliphatic heterocycles. The van der Waals surface area contributed by atoms with E-state index in [1.165, 1.54) is 11.1 Å². The molecule has 0 heterocycles. The molecule has 4 heteroatoms. The Labute approximate surface area is 184 Å². The second-order valence-electron chi connectivity index (χ2n) is 8.04. The van der Waals surface area contributed by atoms with E-state index in [9.17, 15) is 4.79 Å². The van der Waals surface area contributed by atoms with Gasteiger partial charge in [0.15, 0.2) is 5.60 Å². The van der Waals surface area contributed by atoms with Gasteiger partial charge in [0.25, 0.3) is 5.91 Å². The number of amides is 1. The van der Waals surface area contributed by atoms with Gasteiger partial charge in [-0.2, -0.15) is 0 Å². The van der Waals surface area contributed by atoms with Crippen molar-refractivity contribution in [2.24, 2.45) is 0 Å². The first kappa shape index (κ1) is 21.9. The first-order chi connectivity index (χ1) is 14.3. The fraction of sp³-hybridized carbons (Fsp3) is 0.269. The maximum Gasteiger partial charge on any atom is 0.263 e. The molecule has 1 N–H and O–H groups in total. The van der Waals surface area contributed by atoms with E-state index in [4.69, 9.17) is 16.3 Å². The molecule has 0 bridgehead atoms. The summed E-state index contributed by atoms with van der Waals surface area (Å²) in [4.78, 5) is 13.1. The Morgan fingerprint density at radius 2 is 1.50 bits per heavy atom. The molecule has 3 aromatic carbocycles. The van der Waals surface area contributed by atoms with Crippen LogP contribution >= 0.6 is 11.6 Å². The summed E-state index contributed by atoms with van der Waals surface area (Å²) in [5, 5.41) is 3.81. The first-order valence-electron chi connectivity index (χ1n) is 10.2. The largest absolute Gasteiger partial charge is 0.478 e. The van der Waals surface area contributed by atoms with Gasteiger partial charge >= 0.3 is 0 Å². The summed E-state index contributed by atoms with van der Waals surface area (Å²) >= 11 is 5.94. The highest BCUT2D eigenvalue weighted by atomic mass is 35.5. The quantitative estimate of drug-likeness (QED) is 0.482. The fourth-order valence-electron chi connectivity index (χ4n) is 3.48. The number of carbonyl (C=O) groups is 1. The fourth-order valence-corrected chi connectivity index (χ4v) is 3.60. The van der Waals surface area contributed by atoms with Crippen LogP contribution in [0.3, 0.4) is 0 Å². The van der Waals surface area contributed by atoms with Crippen LogP contribution in [0, 0.1) is 0 Å². The smallest absolute Gasteiger partial charge is 0.263 e. The van der Waals surface area contributed by atoms with E-state index in [-0.39, 0.29) is 17.9 Å². The summed E-state index contributed by atoms with van der Waals surface area (Å²) in [5.74, 6) is 0.596. The van der Waals surface area contributed by atoms with E-state index < -0.39 is 5.60 Å². The number of benzene rings is 3. The van der Waals surface area contributed by atoms with E-state index in [0.29, 0.717) is 10.8 Å². The summed E-state index contributed by atoms with van der Waals surface area (Å²) in [6.07, 6.45) is 0.838. The minimum atomic E-state index is -1.02. The van der Waals surface area contributed by atoms with Gasteiger partial charge in [-0.05, 0) is 62.6 Å². The molecule has 30 heavy (non-hydrogen) atoms. The van der Waals surface area contributed by atoms with Crippen LogP contribution in [0.1, 0.15) is 37.8 Å². The molecule has 2 unspecified atom stereocenters. The zero-order valence-electron chi connectivity index (χ0n) is 17.6. The lowest BCUT2D eigenvalue weighted by atomic mass is 9.86. The highest BCUT2D eigenvalue weighted by Crippen LogP contribution is 2.26. The molecule has 0 spiro atoms. The SMILES string of the molecule is CC(NC(=O)C(C)(C)Oc1ccc(Cl)cc1)C(Cc1ccccc1)c1ccccc1. The molecule has 3 aromatic rings. The van der Waals surface area contributed by atoms with Crippen molar-refractivity contribution in [3.8, 4) is 5.75 Å². The molecule has 3 rings (SSSR count). The van der Waals surface area contributed by atoms with Gasteiger partial charge < -0.3 is 10.1 Å². The first-order valence-corrected chi connectivity index (χ1v) is 10.6. The van der Waals surface area contributed by atoms with E-state index in [1.807, 2.05) is 36.4 Å². The average Bonchev–Trinajstić information content (AvgIpc) is 2.74. The van der Waals surface area contributed by atoms with E-state index >= 15 is 0 Å². The molecule has 0 radical (unpaired) electrons. The number of carbonyl (C=O) groups excluding carboxylic acids is 1. The molecule has 0 aliphatic rings. The molecular weight excluding hydrogens is 394 g/mol. The Bertz CT molecular complexity index is 940. The maximum atomic E-state index is 13.1. The van der Waals surface area contributed by atoms with Crippen LogP contribution in [-0.2, 0) is 11.2 Å².